The molecule has 122 valence electrons. The summed E-state index contributed by atoms with van der Waals surface area (Å²) in [6.07, 6.45) is 5.40. The minimum atomic E-state index is -0.514. The highest BCUT2D eigenvalue weighted by Gasteiger charge is 2.30. The lowest BCUT2D eigenvalue weighted by molar-refractivity contribution is -0.385. The summed E-state index contributed by atoms with van der Waals surface area (Å²) in [4.78, 5) is 19.5. The fourth-order valence-corrected chi connectivity index (χ4v) is 3.81. The Morgan fingerprint density at radius 2 is 2.12 bits per heavy atom. The molecule has 0 atom stereocenters. The molecule has 1 fully saturated rings. The molecule has 1 saturated carbocycles. The summed E-state index contributed by atoms with van der Waals surface area (Å²) in [5.41, 5.74) is -0.124. The Morgan fingerprint density at radius 1 is 1.33 bits per heavy atom. The quantitative estimate of drug-likeness (QED) is 0.378. The monoisotopic (exact) mass is 360 g/mol. The number of nitro groups is 1. The van der Waals surface area contributed by atoms with E-state index in [0.29, 0.717) is 11.2 Å². The smallest absolute Gasteiger partial charge is 0.302 e. The van der Waals surface area contributed by atoms with Crippen LogP contribution >= 0.6 is 23.1 Å². The number of nitrogens with zero attached hydrogens (tertiary/aromatic N) is 6. The van der Waals surface area contributed by atoms with E-state index in [2.05, 4.69) is 30.8 Å². The maximum atomic E-state index is 10.7. The zero-order valence-electron chi connectivity index (χ0n) is 12.4. The first-order valence-corrected chi connectivity index (χ1v) is 9.01. The van der Waals surface area contributed by atoms with Gasteiger partial charge in [0, 0.05) is 17.3 Å². The average molecular weight is 360 g/mol. The lowest BCUT2D eigenvalue weighted by Gasteiger charge is -2.07. The van der Waals surface area contributed by atoms with Crippen molar-refractivity contribution in [3.05, 3.63) is 50.7 Å². The summed E-state index contributed by atoms with van der Waals surface area (Å²) in [6, 6.07) is 4.54. The molecule has 1 aliphatic carbocycles. The van der Waals surface area contributed by atoms with Gasteiger partial charge in [0.15, 0.2) is 10.3 Å². The second-order valence-corrected chi connectivity index (χ2v) is 7.31. The molecule has 0 spiro atoms. The third kappa shape index (κ3) is 3.15. The van der Waals surface area contributed by atoms with E-state index in [1.807, 2.05) is 11.4 Å². The lowest BCUT2D eigenvalue weighted by atomic mass is 10.3. The van der Waals surface area contributed by atoms with Gasteiger partial charge in [-0.3, -0.25) is 10.1 Å². The Kier molecular flexibility index (Phi) is 3.98. The van der Waals surface area contributed by atoms with Crippen molar-refractivity contribution >= 4 is 28.8 Å². The van der Waals surface area contributed by atoms with E-state index in [9.17, 15) is 10.1 Å². The molecule has 10 heteroatoms. The van der Waals surface area contributed by atoms with Gasteiger partial charge < -0.3 is 4.57 Å². The molecule has 0 unspecified atom stereocenters. The van der Waals surface area contributed by atoms with E-state index in [-0.39, 0.29) is 5.69 Å². The molecule has 0 saturated heterocycles. The molecular formula is C14H12N6O2S2. The van der Waals surface area contributed by atoms with Crippen LogP contribution in [0.15, 0.2) is 40.2 Å². The largest absolute Gasteiger partial charge is 0.305 e. The van der Waals surface area contributed by atoms with Crippen LogP contribution in [0.3, 0.4) is 0 Å². The number of hydrogen-bond acceptors (Lipinski definition) is 8. The molecule has 3 aromatic rings. The molecule has 0 aliphatic heterocycles. The van der Waals surface area contributed by atoms with E-state index < -0.39 is 4.92 Å². The van der Waals surface area contributed by atoms with E-state index in [0.717, 1.165) is 30.2 Å². The van der Waals surface area contributed by atoms with Crippen molar-refractivity contribution in [2.24, 2.45) is 0 Å². The Bertz CT molecular complexity index is 858. The van der Waals surface area contributed by atoms with Crippen LogP contribution in [-0.2, 0) is 6.42 Å². The van der Waals surface area contributed by atoms with Crippen molar-refractivity contribution < 1.29 is 4.92 Å². The van der Waals surface area contributed by atoms with Gasteiger partial charge in [-0.25, -0.2) is 9.97 Å². The van der Waals surface area contributed by atoms with Crippen LogP contribution in [0.4, 0.5) is 5.69 Å². The van der Waals surface area contributed by atoms with Crippen molar-refractivity contribution in [3.8, 4) is 0 Å². The van der Waals surface area contributed by atoms with E-state index in [1.54, 1.807) is 11.3 Å². The van der Waals surface area contributed by atoms with Crippen LogP contribution in [0.25, 0.3) is 0 Å². The molecule has 0 aromatic carbocycles. The van der Waals surface area contributed by atoms with Crippen molar-refractivity contribution in [3.63, 3.8) is 0 Å². The normalized spacial score (nSPS) is 14.0. The molecule has 0 amide bonds. The van der Waals surface area contributed by atoms with Crippen LogP contribution < -0.4 is 0 Å². The summed E-state index contributed by atoms with van der Waals surface area (Å²) >= 11 is 2.98. The summed E-state index contributed by atoms with van der Waals surface area (Å²) in [6.45, 7) is 0. The maximum absolute atomic E-state index is 10.7. The van der Waals surface area contributed by atoms with Gasteiger partial charge in [-0.15, -0.1) is 21.5 Å². The second-order valence-electron chi connectivity index (χ2n) is 5.34. The van der Waals surface area contributed by atoms with E-state index >= 15 is 0 Å². The highest BCUT2D eigenvalue weighted by atomic mass is 32.2. The number of aromatic nitrogens is 5. The molecule has 3 aromatic heterocycles. The van der Waals surface area contributed by atoms with Gasteiger partial charge >= 0.3 is 5.69 Å². The van der Waals surface area contributed by atoms with Gasteiger partial charge in [-0.2, -0.15) is 0 Å². The van der Waals surface area contributed by atoms with Crippen LogP contribution in [-0.4, -0.2) is 29.7 Å². The molecule has 8 nitrogen and oxygen atoms in total. The second kappa shape index (κ2) is 6.29. The highest BCUT2D eigenvalue weighted by molar-refractivity contribution is 7.99. The zero-order valence-corrected chi connectivity index (χ0v) is 14.0. The summed E-state index contributed by atoms with van der Waals surface area (Å²) in [5, 5.41) is 22.5. The molecule has 1 aliphatic rings. The lowest BCUT2D eigenvalue weighted by Crippen LogP contribution is -2.03. The summed E-state index contributed by atoms with van der Waals surface area (Å²) in [7, 11) is 0. The molecule has 24 heavy (non-hydrogen) atoms. The molecule has 4 rings (SSSR count). The van der Waals surface area contributed by atoms with Crippen molar-refractivity contribution in [2.75, 3.05) is 0 Å². The molecule has 0 bridgehead atoms. The Labute approximate surface area is 145 Å². The SMILES string of the molecule is O=[N+]([O-])c1cnc(Sc2nnc(Cc3cccs3)n2C2CC2)nc1. The van der Waals surface area contributed by atoms with Crippen molar-refractivity contribution in [1.29, 1.82) is 0 Å². The third-order valence-corrected chi connectivity index (χ3v) is 5.30. The number of rotatable bonds is 6. The maximum Gasteiger partial charge on any atom is 0.305 e. The number of hydrogen-bond donors (Lipinski definition) is 0. The van der Waals surface area contributed by atoms with Gasteiger partial charge in [0.2, 0.25) is 0 Å². The minimum Gasteiger partial charge on any atom is -0.302 e. The predicted molar refractivity (Wildman–Crippen MR) is 88.2 cm³/mol. The van der Waals surface area contributed by atoms with Gasteiger partial charge in [-0.1, -0.05) is 6.07 Å². The minimum absolute atomic E-state index is 0.124. The Hall–Kier alpha value is -2.33. The summed E-state index contributed by atoms with van der Waals surface area (Å²) < 4.78 is 2.15. The molecule has 0 N–H and O–H groups in total. The van der Waals surface area contributed by atoms with Crippen molar-refractivity contribution in [1.82, 2.24) is 24.7 Å². The molecular weight excluding hydrogens is 348 g/mol. The molecule has 3 heterocycles. The number of thiophene rings is 1. The van der Waals surface area contributed by atoms with Gasteiger partial charge in [0.05, 0.1) is 4.92 Å². The molecule has 0 radical (unpaired) electrons. The first-order chi connectivity index (χ1) is 11.7. The van der Waals surface area contributed by atoms with Crippen molar-refractivity contribution in [2.45, 2.75) is 35.6 Å². The fraction of sp³-hybridized carbons (Fsp3) is 0.286. The van der Waals surface area contributed by atoms with Gasteiger partial charge in [-0.05, 0) is 36.0 Å². The first kappa shape index (κ1) is 15.2. The summed E-state index contributed by atoms with van der Waals surface area (Å²) in [5.74, 6) is 0.935. The Balaban J connectivity index is 1.58. The van der Waals surface area contributed by atoms with Crippen LogP contribution in [0.5, 0.6) is 0 Å². The average Bonchev–Trinajstić information content (AvgIpc) is 3.13. The Morgan fingerprint density at radius 3 is 2.75 bits per heavy atom. The van der Waals surface area contributed by atoms with Crippen LogP contribution in [0, 0.1) is 10.1 Å². The fourth-order valence-electron chi connectivity index (χ4n) is 2.30. The van der Waals surface area contributed by atoms with Crippen LogP contribution in [0.1, 0.15) is 29.6 Å². The van der Waals surface area contributed by atoms with Gasteiger partial charge in [0.1, 0.15) is 18.2 Å². The van der Waals surface area contributed by atoms with Gasteiger partial charge in [0.25, 0.3) is 0 Å². The van der Waals surface area contributed by atoms with E-state index in [4.69, 9.17) is 0 Å². The highest BCUT2D eigenvalue weighted by Crippen LogP contribution is 2.40. The topological polar surface area (TPSA) is 99.6 Å². The standard InChI is InChI=1S/C14H12N6O2S2/c21-20(22)10-7-15-13(16-8-10)24-14-18-17-12(19(14)9-3-4-9)6-11-2-1-5-23-11/h1-2,5,7-9H,3-4,6H2. The van der Waals surface area contributed by atoms with Crippen LogP contribution in [0.2, 0.25) is 0 Å². The predicted octanol–water partition coefficient (Wildman–Crippen LogP) is 3.11. The first-order valence-electron chi connectivity index (χ1n) is 7.31. The third-order valence-electron chi connectivity index (χ3n) is 3.57. The zero-order chi connectivity index (χ0) is 16.5. The van der Waals surface area contributed by atoms with E-state index in [1.165, 1.54) is 29.0 Å².